The van der Waals surface area contributed by atoms with E-state index in [1.807, 2.05) is 6.92 Å². The van der Waals surface area contributed by atoms with Crippen LogP contribution in [0.1, 0.15) is 187 Å². The van der Waals surface area contributed by atoms with E-state index < -0.39 is 5.41 Å². The number of carbonyl (C=O) groups excluding carboxylic acids is 1. The molecule has 0 aromatic carbocycles. The fourth-order valence-corrected chi connectivity index (χ4v) is 5.18. The van der Waals surface area contributed by atoms with Crippen LogP contribution in [0.15, 0.2) is 0 Å². The number of aliphatic hydroxyl groups is 2. The van der Waals surface area contributed by atoms with E-state index >= 15 is 0 Å². The van der Waals surface area contributed by atoms with Gasteiger partial charge in [-0.2, -0.15) is 0 Å². The minimum atomic E-state index is -0.693. The zero-order valence-corrected chi connectivity index (χ0v) is 25.9. The zero-order chi connectivity index (χ0) is 28.0. The minimum absolute atomic E-state index is 0.106. The van der Waals surface area contributed by atoms with E-state index in [2.05, 4.69) is 6.92 Å². The topological polar surface area (TPSA) is 66.8 Å². The highest BCUT2D eigenvalue weighted by atomic mass is 16.5. The fourth-order valence-electron chi connectivity index (χ4n) is 5.18. The number of aliphatic hydroxyl groups excluding tert-OH is 2. The van der Waals surface area contributed by atoms with Gasteiger partial charge in [-0.3, -0.25) is 4.79 Å². The van der Waals surface area contributed by atoms with Crippen molar-refractivity contribution >= 4 is 5.97 Å². The monoisotopic (exact) mass is 541 g/mol. The molecule has 0 aliphatic carbocycles. The van der Waals surface area contributed by atoms with Crippen molar-refractivity contribution in [1.82, 2.24) is 0 Å². The molecule has 0 rings (SSSR count). The minimum Gasteiger partial charge on any atom is -0.465 e. The highest BCUT2D eigenvalue weighted by molar-refractivity contribution is 5.69. The molecule has 0 radical (unpaired) electrons. The van der Waals surface area contributed by atoms with E-state index in [1.165, 1.54) is 148 Å². The van der Waals surface area contributed by atoms with Gasteiger partial charge in [-0.15, -0.1) is 0 Å². The Morgan fingerprint density at radius 2 is 0.789 bits per heavy atom. The Morgan fingerprint density at radius 1 is 0.500 bits per heavy atom. The van der Waals surface area contributed by atoms with Gasteiger partial charge in [0.2, 0.25) is 0 Å². The van der Waals surface area contributed by atoms with Crippen molar-refractivity contribution in [2.24, 2.45) is 5.41 Å². The first kappa shape index (κ1) is 37.4. The second-order valence-corrected chi connectivity index (χ2v) is 12.1. The summed E-state index contributed by atoms with van der Waals surface area (Å²) in [4.78, 5) is 11.9. The molecule has 0 saturated carbocycles. The largest absolute Gasteiger partial charge is 0.465 e. The first-order valence-electron chi connectivity index (χ1n) is 17.0. The van der Waals surface area contributed by atoms with Crippen molar-refractivity contribution < 1.29 is 19.7 Å². The molecule has 38 heavy (non-hydrogen) atoms. The molecule has 0 aromatic rings. The summed E-state index contributed by atoms with van der Waals surface area (Å²) in [6.07, 6.45) is 35.4. The molecule has 0 aromatic heterocycles. The standard InChI is InChI=1S/C34H68O4/c1-3-5-6-7-8-9-10-11-12-13-14-15-16-17-18-19-20-21-22-23-24-25-26-27-28-29-33(37)38-32-34(4-2,30-35)31-36/h35-36H,3-32H2,1-2H3. The lowest BCUT2D eigenvalue weighted by Gasteiger charge is -2.27. The van der Waals surface area contributed by atoms with Crippen LogP contribution in [0.5, 0.6) is 0 Å². The zero-order valence-electron chi connectivity index (χ0n) is 25.9. The van der Waals surface area contributed by atoms with Crippen LogP contribution in [0, 0.1) is 5.41 Å². The van der Waals surface area contributed by atoms with Crippen molar-refractivity contribution in [1.29, 1.82) is 0 Å². The van der Waals surface area contributed by atoms with Crippen molar-refractivity contribution in [3.8, 4) is 0 Å². The van der Waals surface area contributed by atoms with Gasteiger partial charge >= 0.3 is 5.97 Å². The first-order valence-corrected chi connectivity index (χ1v) is 17.0. The van der Waals surface area contributed by atoms with Crippen LogP contribution < -0.4 is 0 Å². The van der Waals surface area contributed by atoms with E-state index in [0.29, 0.717) is 12.8 Å². The van der Waals surface area contributed by atoms with Gasteiger partial charge in [0, 0.05) is 6.42 Å². The molecule has 0 amide bonds. The molecule has 0 aliphatic rings. The van der Waals surface area contributed by atoms with Crippen LogP contribution >= 0.6 is 0 Å². The maximum absolute atomic E-state index is 11.9. The van der Waals surface area contributed by atoms with Crippen molar-refractivity contribution in [2.45, 2.75) is 187 Å². The SMILES string of the molecule is CCCCCCCCCCCCCCCCCCCCCCCCCCCC(=O)OCC(CC)(CO)CO. The van der Waals surface area contributed by atoms with Gasteiger partial charge in [-0.1, -0.05) is 168 Å². The van der Waals surface area contributed by atoms with Gasteiger partial charge in [-0.25, -0.2) is 0 Å². The second kappa shape index (κ2) is 29.4. The molecule has 0 fully saturated rings. The van der Waals surface area contributed by atoms with Gasteiger partial charge in [0.15, 0.2) is 0 Å². The van der Waals surface area contributed by atoms with E-state index in [4.69, 9.17) is 4.74 Å². The fraction of sp³-hybridized carbons (Fsp3) is 0.971. The number of hydrogen-bond acceptors (Lipinski definition) is 4. The Morgan fingerprint density at radius 3 is 1.05 bits per heavy atom. The van der Waals surface area contributed by atoms with E-state index in [0.717, 1.165) is 12.8 Å². The number of hydrogen-bond donors (Lipinski definition) is 2. The summed E-state index contributed by atoms with van der Waals surface area (Å²) in [6, 6.07) is 0. The van der Waals surface area contributed by atoms with E-state index in [9.17, 15) is 15.0 Å². The average molecular weight is 541 g/mol. The highest BCUT2D eigenvalue weighted by Crippen LogP contribution is 2.21. The molecule has 0 saturated heterocycles. The number of unbranched alkanes of at least 4 members (excludes halogenated alkanes) is 24. The second-order valence-electron chi connectivity index (χ2n) is 12.1. The van der Waals surface area contributed by atoms with Crippen LogP contribution in [0.25, 0.3) is 0 Å². The van der Waals surface area contributed by atoms with Gasteiger partial charge in [-0.05, 0) is 12.8 Å². The molecule has 2 N–H and O–H groups in total. The van der Waals surface area contributed by atoms with Crippen molar-refractivity contribution in [3.63, 3.8) is 0 Å². The van der Waals surface area contributed by atoms with E-state index in [1.54, 1.807) is 0 Å². The normalized spacial score (nSPS) is 11.8. The summed E-state index contributed by atoms with van der Waals surface area (Å²) in [6.45, 7) is 3.97. The van der Waals surface area contributed by atoms with Crippen molar-refractivity contribution in [2.75, 3.05) is 19.8 Å². The lowest BCUT2D eigenvalue weighted by molar-refractivity contribution is -0.149. The summed E-state index contributed by atoms with van der Waals surface area (Å²) in [5.41, 5.74) is -0.693. The molecule has 0 heterocycles. The van der Waals surface area contributed by atoms with Crippen LogP contribution in [0.3, 0.4) is 0 Å². The summed E-state index contributed by atoms with van der Waals surface area (Å²) < 4.78 is 5.28. The maximum atomic E-state index is 11.9. The third kappa shape index (κ3) is 24.4. The number of carbonyl (C=O) groups is 1. The van der Waals surface area contributed by atoms with Gasteiger partial charge < -0.3 is 14.9 Å². The Bertz CT molecular complexity index is 467. The van der Waals surface area contributed by atoms with Gasteiger partial charge in [0.1, 0.15) is 6.61 Å². The number of ether oxygens (including phenoxy) is 1. The predicted octanol–water partition coefficient (Wildman–Crippen LogP) is 10.1. The molecule has 0 atom stereocenters. The Balaban J connectivity index is 3.22. The lowest BCUT2D eigenvalue weighted by atomic mass is 9.88. The Kier molecular flexibility index (Phi) is 28.9. The van der Waals surface area contributed by atoms with Gasteiger partial charge in [0.05, 0.1) is 18.6 Å². The Hall–Kier alpha value is -0.610. The summed E-state index contributed by atoms with van der Waals surface area (Å²) >= 11 is 0. The first-order chi connectivity index (χ1) is 18.6. The number of esters is 1. The number of rotatable bonds is 31. The molecule has 0 bridgehead atoms. The molecule has 4 nitrogen and oxygen atoms in total. The molecule has 0 spiro atoms. The van der Waals surface area contributed by atoms with E-state index in [-0.39, 0.29) is 25.8 Å². The summed E-state index contributed by atoms with van der Waals surface area (Å²) in [7, 11) is 0. The van der Waals surface area contributed by atoms with Crippen LogP contribution in [-0.4, -0.2) is 36.0 Å². The Labute approximate surface area is 238 Å². The smallest absolute Gasteiger partial charge is 0.305 e. The molecular weight excluding hydrogens is 472 g/mol. The highest BCUT2D eigenvalue weighted by Gasteiger charge is 2.28. The maximum Gasteiger partial charge on any atom is 0.305 e. The quantitative estimate of drug-likeness (QED) is 0.0678. The molecule has 0 aliphatic heterocycles. The van der Waals surface area contributed by atoms with Crippen LogP contribution in [0.4, 0.5) is 0 Å². The summed E-state index contributed by atoms with van der Waals surface area (Å²) in [5.74, 6) is -0.209. The third-order valence-electron chi connectivity index (χ3n) is 8.44. The molecular formula is C34H68O4. The molecule has 228 valence electrons. The van der Waals surface area contributed by atoms with Crippen LogP contribution in [0.2, 0.25) is 0 Å². The summed E-state index contributed by atoms with van der Waals surface area (Å²) in [5, 5.41) is 18.8. The molecule has 0 unspecified atom stereocenters. The predicted molar refractivity (Wildman–Crippen MR) is 164 cm³/mol. The molecule has 4 heteroatoms. The van der Waals surface area contributed by atoms with Crippen molar-refractivity contribution in [3.05, 3.63) is 0 Å². The third-order valence-corrected chi connectivity index (χ3v) is 8.44. The lowest BCUT2D eigenvalue weighted by Crippen LogP contribution is -2.35. The van der Waals surface area contributed by atoms with Gasteiger partial charge in [0.25, 0.3) is 0 Å². The van der Waals surface area contributed by atoms with Crippen LogP contribution in [-0.2, 0) is 9.53 Å². The average Bonchev–Trinajstić information content (AvgIpc) is 2.94.